The fraction of sp³-hybridized carbons (Fsp3) is 0.190. The molecule has 0 radical (unpaired) electrons. The zero-order valence-electron chi connectivity index (χ0n) is 16.4. The number of aromatic nitrogens is 2. The minimum Gasteiger partial charge on any atom is -0.481 e. The summed E-state index contributed by atoms with van der Waals surface area (Å²) in [6.45, 7) is 1.77. The highest BCUT2D eigenvalue weighted by atomic mass is 32.2. The molecule has 0 unspecified atom stereocenters. The first-order valence-corrected chi connectivity index (χ1v) is 11.0. The lowest BCUT2D eigenvalue weighted by Crippen LogP contribution is -2.07. The smallest absolute Gasteiger partial charge is 0.419 e. The summed E-state index contributed by atoms with van der Waals surface area (Å²) in [5.41, 5.74) is 0.687. The van der Waals surface area contributed by atoms with Crippen LogP contribution in [-0.4, -0.2) is 21.0 Å². The van der Waals surface area contributed by atoms with Crippen LogP contribution in [0.2, 0.25) is 0 Å². The molecular weight excluding hydrogens is 468 g/mol. The number of aryl methyl sites for hydroxylation is 1. The van der Waals surface area contributed by atoms with Crippen molar-refractivity contribution in [2.45, 2.75) is 30.2 Å². The molecule has 0 aliphatic heterocycles. The van der Waals surface area contributed by atoms with E-state index in [9.17, 15) is 22.4 Å². The van der Waals surface area contributed by atoms with Crippen LogP contribution in [-0.2, 0) is 23.1 Å². The van der Waals surface area contributed by atoms with E-state index in [-0.39, 0.29) is 17.9 Å². The first-order valence-electron chi connectivity index (χ1n) is 9.18. The van der Waals surface area contributed by atoms with Gasteiger partial charge in [0.05, 0.1) is 16.2 Å². The van der Waals surface area contributed by atoms with E-state index in [1.54, 1.807) is 19.1 Å². The number of carboxylic acids is 1. The second kappa shape index (κ2) is 8.55. The van der Waals surface area contributed by atoms with Crippen LogP contribution in [0.4, 0.5) is 17.6 Å². The van der Waals surface area contributed by atoms with Crippen molar-refractivity contribution in [3.63, 3.8) is 0 Å². The molecule has 2 aromatic heterocycles. The van der Waals surface area contributed by atoms with Crippen LogP contribution < -0.4 is 0 Å². The summed E-state index contributed by atoms with van der Waals surface area (Å²) in [5.74, 6) is -1.78. The lowest BCUT2D eigenvalue weighted by Gasteiger charge is -2.08. The van der Waals surface area contributed by atoms with Crippen LogP contribution in [0.5, 0.6) is 0 Å². The number of halogens is 4. The molecule has 0 bridgehead atoms. The van der Waals surface area contributed by atoms with E-state index in [1.165, 1.54) is 29.2 Å². The predicted molar refractivity (Wildman–Crippen MR) is 112 cm³/mol. The molecule has 0 fully saturated rings. The summed E-state index contributed by atoms with van der Waals surface area (Å²) < 4.78 is 57.9. The van der Waals surface area contributed by atoms with Gasteiger partial charge in [0.15, 0.2) is 5.58 Å². The van der Waals surface area contributed by atoms with Gasteiger partial charge in [0, 0.05) is 16.2 Å². The maximum absolute atomic E-state index is 13.9. The average molecular weight is 482 g/mol. The fourth-order valence-electron chi connectivity index (χ4n) is 3.00. The molecule has 5 nitrogen and oxygen atoms in total. The Balaban J connectivity index is 1.55. The van der Waals surface area contributed by atoms with Gasteiger partial charge in [-0.2, -0.15) is 13.2 Å². The minimum atomic E-state index is -4.75. The predicted octanol–water partition coefficient (Wildman–Crippen LogP) is 6.34. The summed E-state index contributed by atoms with van der Waals surface area (Å²) in [6.07, 6.45) is -5.07. The van der Waals surface area contributed by atoms with Crippen LogP contribution >= 0.6 is 23.1 Å². The van der Waals surface area contributed by atoms with Gasteiger partial charge in [-0.3, -0.25) is 4.79 Å². The lowest BCUT2D eigenvalue weighted by atomic mass is 10.1. The number of fused-ring (bicyclic) bond motifs is 1. The summed E-state index contributed by atoms with van der Waals surface area (Å²) >= 11 is 2.70. The van der Waals surface area contributed by atoms with Crippen molar-refractivity contribution in [3.05, 3.63) is 64.2 Å². The second-order valence-corrected chi connectivity index (χ2v) is 8.89. The summed E-state index contributed by atoms with van der Waals surface area (Å²) in [7, 11) is 0. The van der Waals surface area contributed by atoms with Gasteiger partial charge >= 0.3 is 12.1 Å². The molecule has 0 aliphatic rings. The summed E-state index contributed by atoms with van der Waals surface area (Å²) in [6, 6.07) is 8.11. The topological polar surface area (TPSA) is 76.2 Å². The molecule has 0 atom stereocenters. The molecule has 0 amide bonds. The number of rotatable bonds is 6. The largest absolute Gasteiger partial charge is 0.481 e. The number of hydrogen-bond acceptors (Lipinski definition) is 6. The number of thiazole rings is 1. The molecule has 32 heavy (non-hydrogen) atoms. The molecule has 1 N–H and O–H groups in total. The molecule has 2 heterocycles. The van der Waals surface area contributed by atoms with Crippen LogP contribution in [0.1, 0.15) is 22.0 Å². The number of aliphatic carboxylic acids is 1. The van der Waals surface area contributed by atoms with Gasteiger partial charge < -0.3 is 9.52 Å². The average Bonchev–Trinajstić information content (AvgIpc) is 3.27. The highest BCUT2D eigenvalue weighted by Crippen LogP contribution is 2.37. The number of benzene rings is 2. The summed E-state index contributed by atoms with van der Waals surface area (Å²) in [5, 5.41) is 9.35. The Morgan fingerprint density at radius 1 is 1.22 bits per heavy atom. The monoisotopic (exact) mass is 482 g/mol. The van der Waals surface area contributed by atoms with E-state index in [0.717, 1.165) is 21.9 Å². The Morgan fingerprint density at radius 2 is 2.00 bits per heavy atom. The van der Waals surface area contributed by atoms with E-state index >= 15 is 0 Å². The molecule has 2 aromatic carbocycles. The number of carbonyl (C=O) groups is 1. The SMILES string of the molecule is Cc1nc(-c2ccc(C(F)(F)F)c(F)c2)sc1CSc1cccc2nc(CC(=O)O)oc12. The highest BCUT2D eigenvalue weighted by Gasteiger charge is 2.34. The molecule has 4 rings (SSSR count). The zero-order chi connectivity index (χ0) is 23.0. The van der Waals surface area contributed by atoms with Crippen molar-refractivity contribution in [2.75, 3.05) is 0 Å². The number of para-hydroxylation sites is 1. The Morgan fingerprint density at radius 3 is 2.69 bits per heavy atom. The van der Waals surface area contributed by atoms with E-state index in [0.29, 0.717) is 27.6 Å². The third kappa shape index (κ3) is 4.63. The van der Waals surface area contributed by atoms with Crippen LogP contribution in [0.15, 0.2) is 45.7 Å². The second-order valence-electron chi connectivity index (χ2n) is 6.79. The lowest BCUT2D eigenvalue weighted by molar-refractivity contribution is -0.140. The van der Waals surface area contributed by atoms with E-state index in [1.807, 2.05) is 6.07 Å². The molecule has 0 saturated heterocycles. The van der Waals surface area contributed by atoms with Crippen molar-refractivity contribution in [3.8, 4) is 10.6 Å². The molecular formula is C21H14F4N2O3S2. The Labute approximate surface area is 187 Å². The highest BCUT2D eigenvalue weighted by molar-refractivity contribution is 7.98. The number of oxazole rings is 1. The van der Waals surface area contributed by atoms with Crippen LogP contribution in [0.25, 0.3) is 21.7 Å². The van der Waals surface area contributed by atoms with Gasteiger partial charge in [0.1, 0.15) is 22.8 Å². The van der Waals surface area contributed by atoms with Crippen LogP contribution in [0, 0.1) is 12.7 Å². The first-order chi connectivity index (χ1) is 15.1. The van der Waals surface area contributed by atoms with Gasteiger partial charge in [-0.25, -0.2) is 14.4 Å². The van der Waals surface area contributed by atoms with Crippen molar-refractivity contribution in [1.29, 1.82) is 0 Å². The normalized spacial score (nSPS) is 11.9. The third-order valence-corrected chi connectivity index (χ3v) is 6.95. The van der Waals surface area contributed by atoms with E-state index in [4.69, 9.17) is 9.52 Å². The van der Waals surface area contributed by atoms with Crippen LogP contribution in [0.3, 0.4) is 0 Å². The third-order valence-electron chi connectivity index (χ3n) is 4.50. The summed E-state index contributed by atoms with van der Waals surface area (Å²) in [4.78, 5) is 21.1. The minimum absolute atomic E-state index is 0.112. The number of thioether (sulfide) groups is 1. The van der Waals surface area contributed by atoms with Gasteiger partial charge in [-0.05, 0) is 31.2 Å². The van der Waals surface area contributed by atoms with E-state index < -0.39 is 23.5 Å². The standard InChI is InChI=1S/C21H14F4N2O3S2/c1-10-16(32-20(26-10)11-5-6-12(13(22)7-11)21(23,24)25)9-31-15-4-2-3-14-19(15)30-17(27-14)8-18(28)29/h2-7H,8-9H2,1H3,(H,28,29). The van der Waals surface area contributed by atoms with Crippen molar-refractivity contribution >= 4 is 40.2 Å². The molecule has 0 aliphatic carbocycles. The van der Waals surface area contributed by atoms with Crippen molar-refractivity contribution < 1.29 is 31.9 Å². The Hall–Kier alpha value is -2.92. The molecule has 0 saturated carbocycles. The molecule has 166 valence electrons. The Kier molecular flexibility index (Phi) is 5.95. The molecule has 4 aromatic rings. The number of hydrogen-bond donors (Lipinski definition) is 1. The maximum Gasteiger partial charge on any atom is 0.419 e. The van der Waals surface area contributed by atoms with Gasteiger partial charge in [-0.1, -0.05) is 12.1 Å². The first kappa shape index (κ1) is 22.3. The van der Waals surface area contributed by atoms with Crippen molar-refractivity contribution in [1.82, 2.24) is 9.97 Å². The molecule has 0 spiro atoms. The zero-order valence-corrected chi connectivity index (χ0v) is 18.0. The Bertz CT molecular complexity index is 1310. The van der Waals surface area contributed by atoms with Gasteiger partial charge in [0.25, 0.3) is 0 Å². The maximum atomic E-state index is 13.9. The number of carboxylic acid groups (broad SMARTS) is 1. The van der Waals surface area contributed by atoms with Gasteiger partial charge in [0.2, 0.25) is 5.89 Å². The van der Waals surface area contributed by atoms with E-state index in [2.05, 4.69) is 9.97 Å². The molecule has 11 heteroatoms. The quantitative estimate of drug-likeness (QED) is 0.255. The number of alkyl halides is 3. The fourth-order valence-corrected chi connectivity index (χ4v) is 5.21. The van der Waals surface area contributed by atoms with Crippen molar-refractivity contribution in [2.24, 2.45) is 0 Å². The number of nitrogens with zero attached hydrogens (tertiary/aromatic N) is 2. The van der Waals surface area contributed by atoms with Gasteiger partial charge in [-0.15, -0.1) is 23.1 Å².